The van der Waals surface area contributed by atoms with Crippen molar-refractivity contribution in [2.45, 2.75) is 19.9 Å². The van der Waals surface area contributed by atoms with Gasteiger partial charge in [0.05, 0.1) is 11.3 Å². The Morgan fingerprint density at radius 1 is 1.20 bits per heavy atom. The van der Waals surface area contributed by atoms with Crippen LogP contribution < -0.4 is 5.32 Å². The first-order valence-corrected chi connectivity index (χ1v) is 6.33. The Balaban J connectivity index is 2.22. The molecule has 0 saturated heterocycles. The number of aromatic carboxylic acids is 1. The molecule has 0 fully saturated rings. The molecule has 0 aliphatic heterocycles. The van der Waals surface area contributed by atoms with E-state index in [9.17, 15) is 9.18 Å². The van der Waals surface area contributed by atoms with Crippen molar-refractivity contribution < 1.29 is 14.3 Å². The topological polar surface area (TPSA) is 49.3 Å². The standard InChI is InChI=1S/C16H16FNO2/c1-10-3-5-12(6-4-10)11(2)18-15-9-13(16(19)20)7-8-14(15)17/h3-9,11,18H,1-2H3,(H,19,20). The summed E-state index contributed by atoms with van der Waals surface area (Å²) in [6.45, 7) is 3.90. The van der Waals surface area contributed by atoms with Gasteiger partial charge in [0.15, 0.2) is 0 Å². The molecule has 0 aromatic heterocycles. The first-order valence-electron chi connectivity index (χ1n) is 6.33. The fourth-order valence-corrected chi connectivity index (χ4v) is 1.94. The molecule has 0 bridgehead atoms. The summed E-state index contributed by atoms with van der Waals surface area (Å²) in [6.07, 6.45) is 0. The summed E-state index contributed by atoms with van der Waals surface area (Å²) in [6, 6.07) is 11.5. The van der Waals surface area contributed by atoms with Gasteiger partial charge in [-0.1, -0.05) is 29.8 Å². The van der Waals surface area contributed by atoms with Crippen molar-refractivity contribution in [3.05, 3.63) is 65.0 Å². The molecule has 1 atom stereocenters. The third-order valence-corrected chi connectivity index (χ3v) is 3.16. The highest BCUT2D eigenvalue weighted by Crippen LogP contribution is 2.23. The second-order valence-corrected chi connectivity index (χ2v) is 4.78. The largest absolute Gasteiger partial charge is 0.478 e. The van der Waals surface area contributed by atoms with Gasteiger partial charge in [-0.2, -0.15) is 0 Å². The molecule has 2 aromatic rings. The van der Waals surface area contributed by atoms with Crippen molar-refractivity contribution in [2.75, 3.05) is 5.32 Å². The lowest BCUT2D eigenvalue weighted by Crippen LogP contribution is -2.09. The van der Waals surface area contributed by atoms with Gasteiger partial charge < -0.3 is 10.4 Å². The van der Waals surface area contributed by atoms with Gasteiger partial charge in [-0.25, -0.2) is 9.18 Å². The Labute approximate surface area is 117 Å². The monoisotopic (exact) mass is 273 g/mol. The first kappa shape index (κ1) is 14.1. The molecule has 104 valence electrons. The number of nitrogens with one attached hydrogen (secondary N) is 1. The molecule has 0 amide bonds. The van der Waals surface area contributed by atoms with Gasteiger partial charge in [-0.15, -0.1) is 0 Å². The van der Waals surface area contributed by atoms with Crippen LogP contribution in [0.2, 0.25) is 0 Å². The van der Waals surface area contributed by atoms with Crippen molar-refractivity contribution in [1.82, 2.24) is 0 Å². The van der Waals surface area contributed by atoms with Crippen LogP contribution in [0.5, 0.6) is 0 Å². The van der Waals surface area contributed by atoms with Crippen LogP contribution in [0.1, 0.15) is 34.5 Å². The maximum absolute atomic E-state index is 13.7. The molecule has 0 aliphatic rings. The molecule has 0 saturated carbocycles. The Morgan fingerprint density at radius 2 is 1.85 bits per heavy atom. The van der Waals surface area contributed by atoms with E-state index in [1.54, 1.807) is 0 Å². The molecule has 2 aromatic carbocycles. The fraction of sp³-hybridized carbons (Fsp3) is 0.188. The van der Waals surface area contributed by atoms with Gasteiger partial charge in [0.2, 0.25) is 0 Å². The lowest BCUT2D eigenvalue weighted by molar-refractivity contribution is 0.0697. The highest BCUT2D eigenvalue weighted by molar-refractivity contribution is 5.88. The van der Waals surface area contributed by atoms with Crippen LogP contribution in [0.4, 0.5) is 10.1 Å². The first-order chi connectivity index (χ1) is 9.47. The maximum Gasteiger partial charge on any atom is 0.335 e. The Kier molecular flexibility index (Phi) is 4.03. The zero-order chi connectivity index (χ0) is 14.7. The molecular formula is C16H16FNO2. The van der Waals surface area contributed by atoms with E-state index in [0.29, 0.717) is 0 Å². The van der Waals surface area contributed by atoms with Crippen LogP contribution in [0.25, 0.3) is 0 Å². The summed E-state index contributed by atoms with van der Waals surface area (Å²) in [5, 5.41) is 11.9. The van der Waals surface area contributed by atoms with Crippen molar-refractivity contribution in [1.29, 1.82) is 0 Å². The van der Waals surface area contributed by atoms with Crippen LogP contribution in [0, 0.1) is 12.7 Å². The lowest BCUT2D eigenvalue weighted by Gasteiger charge is -2.17. The minimum atomic E-state index is -1.07. The minimum absolute atomic E-state index is 0.0602. The second kappa shape index (κ2) is 5.74. The summed E-state index contributed by atoms with van der Waals surface area (Å²) in [4.78, 5) is 10.9. The third-order valence-electron chi connectivity index (χ3n) is 3.16. The summed E-state index contributed by atoms with van der Waals surface area (Å²) in [5.41, 5.74) is 2.42. The number of aryl methyl sites for hydroxylation is 1. The predicted octanol–water partition coefficient (Wildman–Crippen LogP) is 4.01. The number of carboxylic acid groups (broad SMARTS) is 1. The fourth-order valence-electron chi connectivity index (χ4n) is 1.94. The normalized spacial score (nSPS) is 11.9. The predicted molar refractivity (Wildman–Crippen MR) is 76.6 cm³/mol. The molecule has 20 heavy (non-hydrogen) atoms. The quantitative estimate of drug-likeness (QED) is 0.885. The van der Waals surface area contributed by atoms with E-state index in [1.807, 2.05) is 38.1 Å². The Bertz CT molecular complexity index is 623. The number of anilines is 1. The second-order valence-electron chi connectivity index (χ2n) is 4.78. The number of hydrogen-bond donors (Lipinski definition) is 2. The van der Waals surface area contributed by atoms with Crippen LogP contribution in [0.3, 0.4) is 0 Å². The smallest absolute Gasteiger partial charge is 0.335 e. The van der Waals surface area contributed by atoms with E-state index in [4.69, 9.17) is 5.11 Å². The molecule has 0 radical (unpaired) electrons. The molecule has 0 spiro atoms. The highest BCUT2D eigenvalue weighted by atomic mass is 19.1. The summed E-state index contributed by atoms with van der Waals surface area (Å²) in [7, 11) is 0. The van der Waals surface area contributed by atoms with Crippen LogP contribution in [-0.2, 0) is 0 Å². The molecule has 4 heteroatoms. The van der Waals surface area contributed by atoms with E-state index in [2.05, 4.69) is 5.32 Å². The maximum atomic E-state index is 13.7. The van der Waals surface area contributed by atoms with E-state index in [1.165, 1.54) is 12.1 Å². The van der Waals surface area contributed by atoms with Gasteiger partial charge in [-0.05, 0) is 37.6 Å². The van der Waals surface area contributed by atoms with E-state index in [0.717, 1.165) is 17.2 Å². The number of carboxylic acids is 1. The van der Waals surface area contributed by atoms with Crippen molar-refractivity contribution in [2.24, 2.45) is 0 Å². The van der Waals surface area contributed by atoms with Gasteiger partial charge in [0.25, 0.3) is 0 Å². The summed E-state index contributed by atoms with van der Waals surface area (Å²) in [5.74, 6) is -1.54. The van der Waals surface area contributed by atoms with Crippen LogP contribution >= 0.6 is 0 Å². The lowest BCUT2D eigenvalue weighted by atomic mass is 10.1. The molecule has 0 aliphatic carbocycles. The summed E-state index contributed by atoms with van der Waals surface area (Å²) >= 11 is 0. The molecule has 3 nitrogen and oxygen atoms in total. The van der Waals surface area contributed by atoms with E-state index >= 15 is 0 Å². The number of halogens is 1. The third kappa shape index (κ3) is 3.15. The van der Waals surface area contributed by atoms with Crippen molar-refractivity contribution in [3.63, 3.8) is 0 Å². The van der Waals surface area contributed by atoms with E-state index in [-0.39, 0.29) is 17.3 Å². The molecule has 1 unspecified atom stereocenters. The van der Waals surface area contributed by atoms with Crippen LogP contribution in [0.15, 0.2) is 42.5 Å². The Hall–Kier alpha value is -2.36. The molecule has 0 heterocycles. The number of rotatable bonds is 4. The van der Waals surface area contributed by atoms with Gasteiger partial charge in [0.1, 0.15) is 5.82 Å². The van der Waals surface area contributed by atoms with Crippen molar-refractivity contribution in [3.8, 4) is 0 Å². The van der Waals surface area contributed by atoms with Crippen molar-refractivity contribution >= 4 is 11.7 Å². The van der Waals surface area contributed by atoms with Crippen LogP contribution in [-0.4, -0.2) is 11.1 Å². The zero-order valence-corrected chi connectivity index (χ0v) is 11.4. The van der Waals surface area contributed by atoms with Gasteiger partial charge in [-0.3, -0.25) is 0 Å². The SMILES string of the molecule is Cc1ccc(C(C)Nc2cc(C(=O)O)ccc2F)cc1. The van der Waals surface area contributed by atoms with Gasteiger partial charge >= 0.3 is 5.97 Å². The number of benzene rings is 2. The average molecular weight is 273 g/mol. The van der Waals surface area contributed by atoms with E-state index < -0.39 is 11.8 Å². The average Bonchev–Trinajstić information content (AvgIpc) is 2.41. The van der Waals surface area contributed by atoms with Gasteiger partial charge in [0, 0.05) is 6.04 Å². The molecule has 2 rings (SSSR count). The molecule has 2 N–H and O–H groups in total. The highest BCUT2D eigenvalue weighted by Gasteiger charge is 2.11. The summed E-state index contributed by atoms with van der Waals surface area (Å²) < 4.78 is 13.7. The number of carbonyl (C=O) groups is 1. The number of hydrogen-bond acceptors (Lipinski definition) is 2. The zero-order valence-electron chi connectivity index (χ0n) is 11.4. The molecular weight excluding hydrogens is 257 g/mol. The Morgan fingerprint density at radius 3 is 2.45 bits per heavy atom. The minimum Gasteiger partial charge on any atom is -0.478 e.